The number of hydrogen-bond acceptors (Lipinski definition) is 4. The molecule has 0 aliphatic heterocycles. The fourth-order valence-corrected chi connectivity index (χ4v) is 1.61. The first kappa shape index (κ1) is 13.8. The van der Waals surface area contributed by atoms with Gasteiger partial charge in [-0.1, -0.05) is 13.8 Å². The lowest BCUT2D eigenvalue weighted by molar-refractivity contribution is 0.270. The Bertz CT molecular complexity index is 353. The second kappa shape index (κ2) is 6.47. The minimum absolute atomic E-state index is 0.0137. The zero-order valence-electron chi connectivity index (χ0n) is 10.7. The Labute approximate surface area is 103 Å². The van der Waals surface area contributed by atoms with E-state index in [0.717, 1.165) is 17.0 Å². The first-order valence-corrected chi connectivity index (χ1v) is 5.86. The third kappa shape index (κ3) is 3.91. The van der Waals surface area contributed by atoms with Crippen LogP contribution in [0.25, 0.3) is 0 Å². The van der Waals surface area contributed by atoms with E-state index < -0.39 is 0 Å². The minimum Gasteiger partial charge on any atom is -0.496 e. The van der Waals surface area contributed by atoms with Crippen LogP contribution in [0, 0.1) is 0 Å². The summed E-state index contributed by atoms with van der Waals surface area (Å²) >= 11 is 0. The highest BCUT2D eigenvalue weighted by Crippen LogP contribution is 2.29. The topological polar surface area (TPSA) is 67.5 Å². The van der Waals surface area contributed by atoms with Gasteiger partial charge in [0.1, 0.15) is 5.75 Å². The molecule has 1 rings (SSSR count). The number of hydrogen-bond donors (Lipinski definition) is 3. The normalized spacial score (nSPS) is 12.6. The molecule has 0 amide bonds. The van der Waals surface area contributed by atoms with Crippen molar-refractivity contribution in [2.75, 3.05) is 25.6 Å². The van der Waals surface area contributed by atoms with E-state index >= 15 is 0 Å². The lowest BCUT2D eigenvalue weighted by Crippen LogP contribution is -2.32. The predicted molar refractivity (Wildman–Crippen MR) is 70.6 cm³/mol. The molecular formula is C13H22N2O2. The summed E-state index contributed by atoms with van der Waals surface area (Å²) in [6.45, 7) is 4.79. The summed E-state index contributed by atoms with van der Waals surface area (Å²) < 4.78 is 5.32. The van der Waals surface area contributed by atoms with E-state index in [1.54, 1.807) is 7.11 Å². The van der Waals surface area contributed by atoms with Crippen molar-refractivity contribution in [3.05, 3.63) is 23.8 Å². The lowest BCUT2D eigenvalue weighted by atomic mass is 10.0. The van der Waals surface area contributed by atoms with E-state index in [4.69, 9.17) is 15.6 Å². The number of benzene rings is 1. The van der Waals surface area contributed by atoms with E-state index in [0.29, 0.717) is 12.5 Å². The van der Waals surface area contributed by atoms with Gasteiger partial charge in [-0.3, -0.25) is 0 Å². The highest BCUT2D eigenvalue weighted by Gasteiger charge is 2.08. The van der Waals surface area contributed by atoms with Gasteiger partial charge >= 0.3 is 0 Å². The smallest absolute Gasteiger partial charge is 0.122 e. The monoisotopic (exact) mass is 238 g/mol. The molecule has 0 fully saturated rings. The third-order valence-corrected chi connectivity index (χ3v) is 2.65. The lowest BCUT2D eigenvalue weighted by Gasteiger charge is -2.16. The molecule has 0 bridgehead atoms. The number of aliphatic hydroxyl groups is 1. The minimum atomic E-state index is -0.236. The van der Waals surface area contributed by atoms with Gasteiger partial charge in [0.2, 0.25) is 0 Å². The Morgan fingerprint density at radius 1 is 1.41 bits per heavy atom. The fourth-order valence-electron chi connectivity index (χ4n) is 1.61. The van der Waals surface area contributed by atoms with Crippen LogP contribution in [0.15, 0.2) is 18.2 Å². The van der Waals surface area contributed by atoms with Crippen molar-refractivity contribution in [1.82, 2.24) is 0 Å². The van der Waals surface area contributed by atoms with Crippen molar-refractivity contribution < 1.29 is 9.84 Å². The van der Waals surface area contributed by atoms with Gasteiger partial charge in [-0.15, -0.1) is 0 Å². The quantitative estimate of drug-likeness (QED) is 0.703. The number of anilines is 1. The van der Waals surface area contributed by atoms with Gasteiger partial charge in [0.05, 0.1) is 13.7 Å². The largest absolute Gasteiger partial charge is 0.496 e. The van der Waals surface area contributed by atoms with Crippen LogP contribution in [-0.4, -0.2) is 31.4 Å². The van der Waals surface area contributed by atoms with Gasteiger partial charge in [0.15, 0.2) is 0 Å². The summed E-state index contributed by atoms with van der Waals surface area (Å²) in [5, 5.41) is 12.1. The highest BCUT2D eigenvalue weighted by atomic mass is 16.5. The first-order valence-electron chi connectivity index (χ1n) is 5.86. The average molecular weight is 238 g/mol. The zero-order valence-corrected chi connectivity index (χ0v) is 10.7. The summed E-state index contributed by atoms with van der Waals surface area (Å²) in [4.78, 5) is 0. The van der Waals surface area contributed by atoms with Crippen molar-refractivity contribution in [1.29, 1.82) is 0 Å². The number of rotatable bonds is 6. The Kier molecular flexibility index (Phi) is 5.25. The molecule has 0 heterocycles. The number of nitrogens with one attached hydrogen (secondary N) is 1. The molecule has 1 atom stereocenters. The van der Waals surface area contributed by atoms with Crippen LogP contribution < -0.4 is 15.8 Å². The summed E-state index contributed by atoms with van der Waals surface area (Å²) in [7, 11) is 1.68. The van der Waals surface area contributed by atoms with Crippen LogP contribution in [0.2, 0.25) is 0 Å². The van der Waals surface area contributed by atoms with Gasteiger partial charge < -0.3 is 20.9 Å². The number of nitrogens with two attached hydrogens (primary N) is 1. The van der Waals surface area contributed by atoms with E-state index in [1.807, 2.05) is 12.1 Å². The molecule has 0 aliphatic rings. The summed E-state index contributed by atoms with van der Waals surface area (Å²) in [6, 6.07) is 5.73. The van der Waals surface area contributed by atoms with E-state index in [2.05, 4.69) is 25.2 Å². The van der Waals surface area contributed by atoms with Crippen LogP contribution in [-0.2, 0) is 0 Å². The van der Waals surface area contributed by atoms with Gasteiger partial charge in [0.25, 0.3) is 0 Å². The first-order chi connectivity index (χ1) is 8.08. The summed E-state index contributed by atoms with van der Waals surface area (Å²) in [5.41, 5.74) is 7.80. The number of methoxy groups -OCH3 is 1. The molecule has 1 aromatic carbocycles. The summed E-state index contributed by atoms with van der Waals surface area (Å²) in [6.07, 6.45) is 0. The second-order valence-electron chi connectivity index (χ2n) is 4.43. The molecule has 4 heteroatoms. The average Bonchev–Trinajstić information content (AvgIpc) is 2.35. The zero-order chi connectivity index (χ0) is 12.8. The molecule has 4 N–H and O–H groups in total. The molecule has 0 aromatic heterocycles. The molecule has 17 heavy (non-hydrogen) atoms. The third-order valence-electron chi connectivity index (χ3n) is 2.65. The van der Waals surface area contributed by atoms with Crippen LogP contribution in [0.1, 0.15) is 25.3 Å². The van der Waals surface area contributed by atoms with Crippen LogP contribution in [0.3, 0.4) is 0 Å². The van der Waals surface area contributed by atoms with Crippen molar-refractivity contribution in [2.24, 2.45) is 5.73 Å². The predicted octanol–water partition coefficient (Wildman–Crippen LogP) is 1.55. The number of aliphatic hydroxyl groups excluding tert-OH is 1. The van der Waals surface area contributed by atoms with Crippen LogP contribution in [0.4, 0.5) is 5.69 Å². The molecule has 96 valence electrons. The number of ether oxygens (including phenoxy) is 1. The van der Waals surface area contributed by atoms with Crippen molar-refractivity contribution >= 4 is 5.69 Å². The molecular weight excluding hydrogens is 216 g/mol. The SMILES string of the molecule is COc1ccc(NCC(N)CO)cc1C(C)C. The van der Waals surface area contributed by atoms with E-state index in [-0.39, 0.29) is 12.6 Å². The maximum Gasteiger partial charge on any atom is 0.122 e. The van der Waals surface area contributed by atoms with Crippen molar-refractivity contribution in [3.63, 3.8) is 0 Å². The molecule has 0 saturated heterocycles. The van der Waals surface area contributed by atoms with Crippen molar-refractivity contribution in [3.8, 4) is 5.75 Å². The van der Waals surface area contributed by atoms with Crippen LogP contribution >= 0.6 is 0 Å². The molecule has 0 radical (unpaired) electrons. The van der Waals surface area contributed by atoms with Gasteiger partial charge in [-0.25, -0.2) is 0 Å². The van der Waals surface area contributed by atoms with E-state index in [9.17, 15) is 0 Å². The van der Waals surface area contributed by atoms with Crippen LogP contribution in [0.5, 0.6) is 5.75 Å². The van der Waals surface area contributed by atoms with Gasteiger partial charge in [0, 0.05) is 18.3 Å². The maximum absolute atomic E-state index is 8.85. The molecule has 1 unspecified atom stereocenters. The van der Waals surface area contributed by atoms with Gasteiger partial charge in [-0.2, -0.15) is 0 Å². The Hall–Kier alpha value is -1.26. The Morgan fingerprint density at radius 2 is 2.12 bits per heavy atom. The Morgan fingerprint density at radius 3 is 2.65 bits per heavy atom. The molecule has 0 spiro atoms. The molecule has 0 aliphatic carbocycles. The fraction of sp³-hybridized carbons (Fsp3) is 0.538. The van der Waals surface area contributed by atoms with Crippen molar-refractivity contribution in [2.45, 2.75) is 25.8 Å². The molecule has 4 nitrogen and oxygen atoms in total. The maximum atomic E-state index is 8.85. The molecule has 1 aromatic rings. The summed E-state index contributed by atoms with van der Waals surface area (Å²) in [5.74, 6) is 1.30. The second-order valence-corrected chi connectivity index (χ2v) is 4.43. The van der Waals surface area contributed by atoms with Gasteiger partial charge in [-0.05, 0) is 29.7 Å². The molecule has 0 saturated carbocycles. The highest BCUT2D eigenvalue weighted by molar-refractivity contribution is 5.52. The van der Waals surface area contributed by atoms with E-state index in [1.165, 1.54) is 0 Å². The standard InChI is InChI=1S/C13H22N2O2/c1-9(2)12-6-11(4-5-13(12)17-3)15-7-10(14)8-16/h4-6,9-10,15-16H,7-8,14H2,1-3H3. The Balaban J connectivity index is 2.78.